The second-order valence-corrected chi connectivity index (χ2v) is 5.23. The van der Waals surface area contributed by atoms with Gasteiger partial charge in [0.05, 0.1) is 20.7 Å². The summed E-state index contributed by atoms with van der Waals surface area (Å²) in [6.45, 7) is 0. The molecule has 0 unspecified atom stereocenters. The molecule has 2 aromatic rings. The van der Waals surface area contributed by atoms with Gasteiger partial charge in [-0.1, -0.05) is 29.3 Å². The van der Waals surface area contributed by atoms with Gasteiger partial charge in [0.15, 0.2) is 0 Å². The van der Waals surface area contributed by atoms with E-state index in [1.807, 2.05) is 0 Å². The van der Waals surface area contributed by atoms with Crippen LogP contribution >= 0.6 is 23.2 Å². The highest BCUT2D eigenvalue weighted by Crippen LogP contribution is 2.23. The summed E-state index contributed by atoms with van der Waals surface area (Å²) >= 11 is 11.6. The lowest BCUT2D eigenvalue weighted by atomic mass is 10.2. The van der Waals surface area contributed by atoms with Crippen LogP contribution in [0.1, 0.15) is 5.56 Å². The summed E-state index contributed by atoms with van der Waals surface area (Å²) in [4.78, 5) is 21.8. The first-order valence-corrected chi connectivity index (χ1v) is 7.00. The predicted octanol–water partition coefficient (Wildman–Crippen LogP) is 4.69. The number of carbonyl (C=O) groups excluding carboxylic acids is 1. The Labute approximate surface area is 140 Å². The molecular weight excluding hydrogens is 346 g/mol. The number of amides is 1. The van der Waals surface area contributed by atoms with Gasteiger partial charge in [0.25, 0.3) is 5.69 Å². The molecule has 0 aromatic heterocycles. The van der Waals surface area contributed by atoms with E-state index in [2.05, 4.69) is 5.32 Å². The molecule has 0 radical (unpaired) electrons. The van der Waals surface area contributed by atoms with Crippen molar-refractivity contribution in [3.63, 3.8) is 0 Å². The van der Waals surface area contributed by atoms with Gasteiger partial charge < -0.3 is 5.32 Å². The molecule has 118 valence electrons. The van der Waals surface area contributed by atoms with Gasteiger partial charge in [-0.2, -0.15) is 0 Å². The zero-order valence-electron chi connectivity index (χ0n) is 11.4. The van der Waals surface area contributed by atoms with E-state index >= 15 is 0 Å². The molecule has 0 atom stereocenters. The van der Waals surface area contributed by atoms with Crippen LogP contribution in [0, 0.1) is 15.9 Å². The number of nitro groups is 1. The van der Waals surface area contributed by atoms with Crippen molar-refractivity contribution in [2.75, 3.05) is 5.32 Å². The lowest BCUT2D eigenvalue weighted by molar-refractivity contribution is -0.384. The molecule has 1 amide bonds. The summed E-state index contributed by atoms with van der Waals surface area (Å²) in [6, 6.07) is 7.64. The van der Waals surface area contributed by atoms with E-state index in [-0.39, 0.29) is 11.4 Å². The van der Waals surface area contributed by atoms with E-state index < -0.39 is 16.6 Å². The van der Waals surface area contributed by atoms with Crippen molar-refractivity contribution in [3.8, 4) is 0 Å². The van der Waals surface area contributed by atoms with Crippen LogP contribution in [0.25, 0.3) is 6.08 Å². The first-order valence-electron chi connectivity index (χ1n) is 6.25. The molecule has 0 saturated carbocycles. The van der Waals surface area contributed by atoms with Crippen LogP contribution in [0.15, 0.2) is 42.5 Å². The van der Waals surface area contributed by atoms with Crippen molar-refractivity contribution in [1.82, 2.24) is 0 Å². The number of hydrogen-bond donors (Lipinski definition) is 1. The summed E-state index contributed by atoms with van der Waals surface area (Å²) in [6.07, 6.45) is 2.60. The van der Waals surface area contributed by atoms with Crippen molar-refractivity contribution >= 4 is 46.6 Å². The monoisotopic (exact) mass is 354 g/mol. The van der Waals surface area contributed by atoms with Crippen LogP contribution in [-0.4, -0.2) is 10.8 Å². The Bertz CT molecular complexity index is 809. The second kappa shape index (κ2) is 7.21. The molecule has 0 bridgehead atoms. The number of hydrogen-bond acceptors (Lipinski definition) is 3. The normalized spacial score (nSPS) is 10.7. The van der Waals surface area contributed by atoms with E-state index in [9.17, 15) is 19.3 Å². The molecule has 1 N–H and O–H groups in total. The Hall–Kier alpha value is -2.44. The highest BCUT2D eigenvalue weighted by atomic mass is 35.5. The molecule has 0 aliphatic rings. The van der Waals surface area contributed by atoms with Gasteiger partial charge in [0.2, 0.25) is 5.91 Å². The van der Waals surface area contributed by atoms with Crippen LogP contribution < -0.4 is 5.32 Å². The topological polar surface area (TPSA) is 72.2 Å². The number of benzene rings is 2. The summed E-state index contributed by atoms with van der Waals surface area (Å²) < 4.78 is 13.6. The smallest absolute Gasteiger partial charge is 0.271 e. The van der Waals surface area contributed by atoms with Crippen LogP contribution in [-0.2, 0) is 4.79 Å². The fourth-order valence-electron chi connectivity index (χ4n) is 1.68. The molecule has 0 heterocycles. The molecule has 0 spiro atoms. The van der Waals surface area contributed by atoms with Crippen molar-refractivity contribution < 1.29 is 14.1 Å². The quantitative estimate of drug-likeness (QED) is 0.491. The van der Waals surface area contributed by atoms with Gasteiger partial charge in [-0.15, -0.1) is 0 Å². The average Bonchev–Trinajstić information content (AvgIpc) is 2.50. The number of rotatable bonds is 4. The minimum absolute atomic E-state index is 0.275. The largest absolute Gasteiger partial charge is 0.320 e. The lowest BCUT2D eigenvalue weighted by Crippen LogP contribution is -2.09. The van der Waals surface area contributed by atoms with Gasteiger partial charge in [0.1, 0.15) is 5.82 Å². The number of nitrogens with zero attached hydrogens (tertiary/aromatic N) is 1. The molecule has 2 aromatic carbocycles. The Balaban J connectivity index is 2.13. The molecule has 0 fully saturated rings. The second-order valence-electron chi connectivity index (χ2n) is 4.42. The minimum Gasteiger partial charge on any atom is -0.320 e. The van der Waals surface area contributed by atoms with Gasteiger partial charge in [-0.3, -0.25) is 14.9 Å². The summed E-state index contributed by atoms with van der Waals surface area (Å²) in [7, 11) is 0. The van der Waals surface area contributed by atoms with Crippen LogP contribution in [0.2, 0.25) is 10.0 Å². The number of carbonyl (C=O) groups is 1. The minimum atomic E-state index is -0.771. The zero-order chi connectivity index (χ0) is 17.0. The van der Waals surface area contributed by atoms with E-state index in [1.165, 1.54) is 6.08 Å². The van der Waals surface area contributed by atoms with Crippen LogP contribution in [0.3, 0.4) is 0 Å². The van der Waals surface area contributed by atoms with Crippen molar-refractivity contribution in [3.05, 3.63) is 74.0 Å². The van der Waals surface area contributed by atoms with Crippen molar-refractivity contribution in [2.24, 2.45) is 0 Å². The van der Waals surface area contributed by atoms with Gasteiger partial charge in [0, 0.05) is 18.2 Å². The molecule has 0 aliphatic heterocycles. The Kier molecular flexibility index (Phi) is 5.31. The summed E-state index contributed by atoms with van der Waals surface area (Å²) in [5.41, 5.74) is 0.0206. The van der Waals surface area contributed by atoms with Crippen molar-refractivity contribution in [1.29, 1.82) is 0 Å². The van der Waals surface area contributed by atoms with Gasteiger partial charge in [-0.25, -0.2) is 4.39 Å². The number of anilines is 1. The number of halogens is 3. The summed E-state index contributed by atoms with van der Waals surface area (Å²) in [5.74, 6) is -1.41. The summed E-state index contributed by atoms with van der Waals surface area (Å²) in [5, 5.41) is 13.6. The highest BCUT2D eigenvalue weighted by Gasteiger charge is 2.12. The molecule has 23 heavy (non-hydrogen) atoms. The Morgan fingerprint density at radius 2 is 1.91 bits per heavy atom. The van der Waals surface area contributed by atoms with Crippen molar-refractivity contribution in [2.45, 2.75) is 0 Å². The highest BCUT2D eigenvalue weighted by molar-refractivity contribution is 6.42. The maximum atomic E-state index is 13.6. The third-order valence-corrected chi connectivity index (χ3v) is 3.53. The van der Waals surface area contributed by atoms with E-state index in [1.54, 1.807) is 18.2 Å². The number of nitro benzene ring substituents is 1. The van der Waals surface area contributed by atoms with E-state index in [0.29, 0.717) is 15.6 Å². The molecule has 5 nitrogen and oxygen atoms in total. The third kappa shape index (κ3) is 4.51. The van der Waals surface area contributed by atoms with Crippen LogP contribution in [0.4, 0.5) is 15.8 Å². The van der Waals surface area contributed by atoms with Crippen LogP contribution in [0.5, 0.6) is 0 Å². The standard InChI is InChI=1S/C15H9Cl2FN2O3/c16-11-4-1-9(7-12(11)17)2-6-15(21)19-14-8-10(20(22)23)3-5-13(14)18/h1-8H,(H,19,21)/b6-2+. The zero-order valence-corrected chi connectivity index (χ0v) is 12.9. The fourth-order valence-corrected chi connectivity index (χ4v) is 1.99. The molecule has 0 aliphatic carbocycles. The van der Waals surface area contributed by atoms with Gasteiger partial charge in [-0.05, 0) is 29.8 Å². The molecule has 0 saturated heterocycles. The molecular formula is C15H9Cl2FN2O3. The Morgan fingerprint density at radius 1 is 1.17 bits per heavy atom. The predicted molar refractivity (Wildman–Crippen MR) is 87.2 cm³/mol. The third-order valence-electron chi connectivity index (χ3n) is 2.79. The van der Waals surface area contributed by atoms with Gasteiger partial charge >= 0.3 is 0 Å². The number of nitrogens with one attached hydrogen (secondary N) is 1. The maximum absolute atomic E-state index is 13.6. The lowest BCUT2D eigenvalue weighted by Gasteiger charge is -2.03. The maximum Gasteiger partial charge on any atom is 0.271 e. The average molecular weight is 355 g/mol. The molecule has 8 heteroatoms. The number of non-ortho nitro benzene ring substituents is 1. The first kappa shape index (κ1) is 16.9. The first-order chi connectivity index (χ1) is 10.9. The SMILES string of the molecule is O=C(/C=C/c1ccc(Cl)c(Cl)c1)Nc1cc([N+](=O)[O-])ccc1F. The Morgan fingerprint density at radius 3 is 2.57 bits per heavy atom. The molecule has 2 rings (SSSR count). The van der Waals surface area contributed by atoms with E-state index in [0.717, 1.165) is 24.3 Å². The fraction of sp³-hybridized carbons (Fsp3) is 0. The van der Waals surface area contributed by atoms with E-state index in [4.69, 9.17) is 23.2 Å².